The van der Waals surface area contributed by atoms with Gasteiger partial charge in [-0.25, -0.2) is 10.2 Å². The van der Waals surface area contributed by atoms with E-state index in [4.69, 9.17) is 30.5 Å². The minimum absolute atomic E-state index is 0.245. The molecular formula is C20H23ClN2O6. The first-order chi connectivity index (χ1) is 14.1. The Morgan fingerprint density at radius 3 is 2.48 bits per heavy atom. The van der Waals surface area contributed by atoms with Crippen LogP contribution >= 0.6 is 11.6 Å². The molecule has 1 amide bonds. The number of benzene rings is 2. The van der Waals surface area contributed by atoms with Gasteiger partial charge >= 0.3 is 6.09 Å². The number of amides is 1. The predicted molar refractivity (Wildman–Crippen MR) is 110 cm³/mol. The average Bonchev–Trinajstić information content (AvgIpc) is 2.73. The standard InChI is InChI=1S/C20H23ClN2O6/c1-4-27-18-12-14(13-22-23-20(24)26-3)11-15(21)19(18)29-10-9-28-17-8-6-5-7-16(17)25-2/h5-8,11-13H,4,9-10H2,1-3H3,(H,23,24)/b22-13-. The van der Waals surface area contributed by atoms with Crippen LogP contribution < -0.4 is 24.4 Å². The van der Waals surface area contributed by atoms with Crippen molar-refractivity contribution >= 4 is 23.9 Å². The number of halogens is 1. The van der Waals surface area contributed by atoms with Gasteiger partial charge in [0.15, 0.2) is 23.0 Å². The van der Waals surface area contributed by atoms with Gasteiger partial charge in [0.1, 0.15) is 13.2 Å². The maximum absolute atomic E-state index is 11.0. The molecule has 0 unspecified atom stereocenters. The molecule has 0 aliphatic carbocycles. The highest BCUT2D eigenvalue weighted by molar-refractivity contribution is 6.32. The monoisotopic (exact) mass is 422 g/mol. The SMILES string of the molecule is CCOc1cc(/C=N\NC(=O)OC)cc(Cl)c1OCCOc1ccccc1OC. The number of carbonyl (C=O) groups excluding carboxylic acids is 1. The molecule has 9 heteroatoms. The van der Waals surface area contributed by atoms with E-state index in [0.29, 0.717) is 40.2 Å². The Balaban J connectivity index is 2.02. The molecule has 2 aromatic rings. The van der Waals surface area contributed by atoms with Gasteiger partial charge in [-0.2, -0.15) is 5.10 Å². The van der Waals surface area contributed by atoms with Gasteiger partial charge in [0, 0.05) is 0 Å². The number of hydrogen-bond acceptors (Lipinski definition) is 7. The Labute approximate surface area is 174 Å². The topological polar surface area (TPSA) is 87.6 Å². The van der Waals surface area contributed by atoms with E-state index in [1.807, 2.05) is 31.2 Å². The Morgan fingerprint density at radius 2 is 1.79 bits per heavy atom. The minimum Gasteiger partial charge on any atom is -0.493 e. The summed E-state index contributed by atoms with van der Waals surface area (Å²) in [6.07, 6.45) is 0.743. The van der Waals surface area contributed by atoms with Crippen LogP contribution in [0.1, 0.15) is 12.5 Å². The van der Waals surface area contributed by atoms with Gasteiger partial charge in [0.2, 0.25) is 0 Å². The molecule has 2 aromatic carbocycles. The zero-order chi connectivity index (χ0) is 21.1. The second kappa shape index (κ2) is 11.7. The Bertz CT molecular complexity index is 844. The maximum Gasteiger partial charge on any atom is 0.427 e. The van der Waals surface area contributed by atoms with Crippen molar-refractivity contribution in [3.63, 3.8) is 0 Å². The summed E-state index contributed by atoms with van der Waals surface area (Å²) in [5.74, 6) is 2.12. The van der Waals surface area contributed by atoms with Gasteiger partial charge in [-0.3, -0.25) is 0 Å². The number of ether oxygens (including phenoxy) is 5. The van der Waals surface area contributed by atoms with Gasteiger partial charge in [-0.15, -0.1) is 0 Å². The third-order valence-corrected chi connectivity index (χ3v) is 3.82. The van der Waals surface area contributed by atoms with Gasteiger partial charge in [-0.05, 0) is 36.8 Å². The van der Waals surface area contributed by atoms with Crippen LogP contribution in [0.25, 0.3) is 0 Å². The zero-order valence-electron chi connectivity index (χ0n) is 16.4. The van der Waals surface area contributed by atoms with Crippen LogP contribution in [0.5, 0.6) is 23.0 Å². The molecule has 0 aliphatic rings. The second-order valence-corrected chi connectivity index (χ2v) is 5.88. The first kappa shape index (κ1) is 22.2. The molecule has 156 valence electrons. The van der Waals surface area contributed by atoms with Gasteiger partial charge in [-0.1, -0.05) is 23.7 Å². The Morgan fingerprint density at radius 1 is 1.07 bits per heavy atom. The molecule has 8 nitrogen and oxygen atoms in total. The molecule has 0 saturated carbocycles. The molecule has 0 radical (unpaired) electrons. The van der Waals surface area contributed by atoms with E-state index in [9.17, 15) is 4.79 Å². The molecule has 1 N–H and O–H groups in total. The molecule has 2 rings (SSSR count). The third kappa shape index (κ3) is 6.76. The second-order valence-electron chi connectivity index (χ2n) is 5.47. The molecule has 0 heterocycles. The van der Waals surface area contributed by atoms with Gasteiger partial charge in [0.05, 0.1) is 32.1 Å². The van der Waals surface area contributed by atoms with E-state index in [-0.39, 0.29) is 13.2 Å². The van der Waals surface area contributed by atoms with Crippen LogP contribution in [0.3, 0.4) is 0 Å². The summed E-state index contributed by atoms with van der Waals surface area (Å²) in [6.45, 7) is 2.80. The number of hydrazone groups is 1. The molecule has 0 aromatic heterocycles. The molecule has 0 aliphatic heterocycles. The number of nitrogens with one attached hydrogen (secondary N) is 1. The molecule has 0 atom stereocenters. The number of rotatable bonds is 10. The molecule has 0 bridgehead atoms. The van der Waals surface area contributed by atoms with Crippen molar-refractivity contribution in [1.29, 1.82) is 0 Å². The first-order valence-electron chi connectivity index (χ1n) is 8.81. The van der Waals surface area contributed by atoms with Crippen molar-refractivity contribution < 1.29 is 28.5 Å². The lowest BCUT2D eigenvalue weighted by atomic mass is 10.2. The minimum atomic E-state index is -0.674. The van der Waals surface area contributed by atoms with Crippen molar-refractivity contribution in [3.8, 4) is 23.0 Å². The van der Waals surface area contributed by atoms with Crippen molar-refractivity contribution in [2.24, 2.45) is 5.10 Å². The van der Waals surface area contributed by atoms with E-state index in [2.05, 4.69) is 15.3 Å². The quantitative estimate of drug-likeness (QED) is 0.355. The normalized spacial score (nSPS) is 10.5. The van der Waals surface area contributed by atoms with E-state index < -0.39 is 6.09 Å². The van der Waals surface area contributed by atoms with Gasteiger partial charge < -0.3 is 23.7 Å². The number of carbonyl (C=O) groups is 1. The predicted octanol–water partition coefficient (Wildman–Crippen LogP) is 3.90. The van der Waals surface area contributed by atoms with Crippen molar-refractivity contribution in [2.45, 2.75) is 6.92 Å². The number of para-hydroxylation sites is 2. The summed E-state index contributed by atoms with van der Waals surface area (Å²) in [5.41, 5.74) is 2.82. The molecular weight excluding hydrogens is 400 g/mol. The van der Waals surface area contributed by atoms with Crippen LogP contribution in [0.4, 0.5) is 4.79 Å². The molecule has 29 heavy (non-hydrogen) atoms. The fourth-order valence-electron chi connectivity index (χ4n) is 2.30. The number of methoxy groups -OCH3 is 2. The summed E-state index contributed by atoms with van der Waals surface area (Å²) in [4.78, 5) is 11.0. The summed E-state index contributed by atoms with van der Waals surface area (Å²) >= 11 is 6.34. The lowest BCUT2D eigenvalue weighted by molar-refractivity contribution is 0.171. The van der Waals surface area contributed by atoms with Crippen LogP contribution in [0.2, 0.25) is 5.02 Å². The smallest absolute Gasteiger partial charge is 0.427 e. The molecule has 0 fully saturated rings. The van der Waals surface area contributed by atoms with Crippen molar-refractivity contribution in [3.05, 3.63) is 47.0 Å². The highest BCUT2D eigenvalue weighted by Crippen LogP contribution is 2.36. The zero-order valence-corrected chi connectivity index (χ0v) is 17.2. The third-order valence-electron chi connectivity index (χ3n) is 3.54. The van der Waals surface area contributed by atoms with Crippen LogP contribution in [-0.2, 0) is 4.74 Å². The average molecular weight is 423 g/mol. The van der Waals surface area contributed by atoms with Crippen molar-refractivity contribution in [2.75, 3.05) is 34.0 Å². The first-order valence-corrected chi connectivity index (χ1v) is 9.18. The lowest BCUT2D eigenvalue weighted by Gasteiger charge is -2.15. The highest BCUT2D eigenvalue weighted by atomic mass is 35.5. The van der Waals surface area contributed by atoms with Gasteiger partial charge in [0.25, 0.3) is 0 Å². The Kier molecular flexibility index (Phi) is 8.91. The lowest BCUT2D eigenvalue weighted by Crippen LogP contribution is -2.16. The number of nitrogens with zero attached hydrogens (tertiary/aromatic N) is 1. The van der Waals surface area contributed by atoms with Crippen LogP contribution in [0.15, 0.2) is 41.5 Å². The molecule has 0 spiro atoms. The largest absolute Gasteiger partial charge is 0.493 e. The fourth-order valence-corrected chi connectivity index (χ4v) is 2.58. The van der Waals surface area contributed by atoms with E-state index in [0.717, 1.165) is 0 Å². The summed E-state index contributed by atoms with van der Waals surface area (Å²) in [6, 6.07) is 10.7. The highest BCUT2D eigenvalue weighted by Gasteiger charge is 2.13. The van der Waals surface area contributed by atoms with Crippen molar-refractivity contribution in [1.82, 2.24) is 5.43 Å². The van der Waals surface area contributed by atoms with E-state index >= 15 is 0 Å². The summed E-state index contributed by atoms with van der Waals surface area (Å²) in [7, 11) is 2.83. The maximum atomic E-state index is 11.0. The summed E-state index contributed by atoms with van der Waals surface area (Å²) in [5, 5.41) is 4.11. The number of hydrogen-bond donors (Lipinski definition) is 1. The van der Waals surface area contributed by atoms with Crippen LogP contribution in [-0.4, -0.2) is 46.3 Å². The fraction of sp³-hybridized carbons (Fsp3) is 0.300. The summed E-state index contributed by atoms with van der Waals surface area (Å²) < 4.78 is 26.8. The molecule has 0 saturated heterocycles. The van der Waals surface area contributed by atoms with E-state index in [1.54, 1.807) is 19.2 Å². The van der Waals surface area contributed by atoms with E-state index in [1.165, 1.54) is 13.3 Å². The van der Waals surface area contributed by atoms with Crippen LogP contribution in [0, 0.1) is 0 Å². The Hall–Kier alpha value is -3.13.